The van der Waals surface area contributed by atoms with Crippen molar-refractivity contribution in [2.75, 3.05) is 5.32 Å². The first kappa shape index (κ1) is 21.0. The van der Waals surface area contributed by atoms with Crippen molar-refractivity contribution in [3.05, 3.63) is 90.3 Å². The molecule has 1 aliphatic carbocycles. The van der Waals surface area contributed by atoms with Crippen LogP contribution in [0.2, 0.25) is 0 Å². The van der Waals surface area contributed by atoms with Crippen LogP contribution in [0.15, 0.2) is 83.8 Å². The second kappa shape index (κ2) is 8.49. The zero-order valence-corrected chi connectivity index (χ0v) is 17.2. The molecule has 0 atom stereocenters. The van der Waals surface area contributed by atoms with Gasteiger partial charge in [0.1, 0.15) is 6.33 Å². The number of hydrogen-bond donors (Lipinski definition) is 3. The summed E-state index contributed by atoms with van der Waals surface area (Å²) < 4.78 is 22.8. The lowest BCUT2D eigenvalue weighted by Gasteiger charge is -2.19. The van der Waals surface area contributed by atoms with Crippen molar-refractivity contribution in [3.63, 3.8) is 0 Å². The van der Waals surface area contributed by atoms with Gasteiger partial charge in [0.25, 0.3) is 0 Å². The smallest absolute Gasteiger partial charge is 0.238 e. The van der Waals surface area contributed by atoms with E-state index >= 15 is 0 Å². The molecule has 32 heavy (non-hydrogen) atoms. The highest BCUT2D eigenvalue weighted by molar-refractivity contribution is 7.89. The van der Waals surface area contributed by atoms with Gasteiger partial charge in [-0.2, -0.15) is 0 Å². The van der Waals surface area contributed by atoms with Crippen LogP contribution >= 0.6 is 0 Å². The minimum Gasteiger partial charge on any atom is -0.871 e. The highest BCUT2D eigenvalue weighted by Gasteiger charge is 2.13. The molecule has 1 aliphatic rings. The molecule has 3 aromatic rings. The first-order valence-electron chi connectivity index (χ1n) is 9.21. The van der Waals surface area contributed by atoms with Gasteiger partial charge in [0.05, 0.1) is 22.0 Å². The summed E-state index contributed by atoms with van der Waals surface area (Å²) in [5.41, 5.74) is 2.16. The number of hydrogen-bond acceptors (Lipinski definition) is 9. The molecule has 1 aromatic carbocycles. The minimum absolute atomic E-state index is 0.00548. The van der Waals surface area contributed by atoms with E-state index in [0.29, 0.717) is 17.0 Å². The fourth-order valence-electron chi connectivity index (χ4n) is 2.89. The number of allylic oxidation sites excluding steroid dienone is 5. The molecular formula is C21H16N7O3S-. The number of nitrogens with zero attached hydrogens (tertiary/aromatic N) is 4. The Hall–Kier alpha value is -4.22. The predicted octanol–water partition coefficient (Wildman–Crippen LogP) is 1.40. The summed E-state index contributed by atoms with van der Waals surface area (Å²) in [6.45, 7) is 0. The standard InChI is InChI=1S/C21H17N7O3S/c22-17-6-1-13(11-16(17)20(29)19-7-9-24-12-26-19)18-8-10-25-21(28-18)27-14-2-4-15(5-3-14)32(23,30)31/h1-12,22,29H,(H2,23,30,31)(H,25,27,28)/p-1/b20-16-,22-17?. The largest absolute Gasteiger partial charge is 0.871 e. The molecule has 10 nitrogen and oxygen atoms in total. The zero-order chi connectivity index (χ0) is 22.7. The Kier molecular flexibility index (Phi) is 5.58. The van der Waals surface area contributed by atoms with Gasteiger partial charge in [0, 0.05) is 23.7 Å². The van der Waals surface area contributed by atoms with Gasteiger partial charge in [-0.3, -0.25) is 0 Å². The van der Waals surface area contributed by atoms with Crippen molar-refractivity contribution in [1.29, 1.82) is 5.41 Å². The Labute approximate surface area is 183 Å². The normalized spacial score (nSPS) is 15.3. The third kappa shape index (κ3) is 4.58. The Morgan fingerprint density at radius 3 is 2.50 bits per heavy atom. The summed E-state index contributed by atoms with van der Waals surface area (Å²) in [6, 6.07) is 9.00. The lowest BCUT2D eigenvalue weighted by atomic mass is 9.96. The maximum atomic E-state index is 12.7. The molecular weight excluding hydrogens is 430 g/mol. The zero-order valence-electron chi connectivity index (χ0n) is 16.4. The number of sulfonamides is 1. The van der Waals surface area contributed by atoms with E-state index < -0.39 is 10.0 Å². The van der Waals surface area contributed by atoms with Crippen molar-refractivity contribution in [2.24, 2.45) is 5.14 Å². The Bertz CT molecular complexity index is 1380. The summed E-state index contributed by atoms with van der Waals surface area (Å²) >= 11 is 0. The fraction of sp³-hybridized carbons (Fsp3) is 0. The predicted molar refractivity (Wildman–Crippen MR) is 117 cm³/mol. The van der Waals surface area contributed by atoms with Crippen LogP contribution in [0.3, 0.4) is 0 Å². The van der Waals surface area contributed by atoms with Gasteiger partial charge >= 0.3 is 0 Å². The highest BCUT2D eigenvalue weighted by atomic mass is 32.2. The van der Waals surface area contributed by atoms with E-state index in [9.17, 15) is 13.5 Å². The van der Waals surface area contributed by atoms with Crippen LogP contribution in [0.5, 0.6) is 0 Å². The number of aromatic nitrogens is 4. The van der Waals surface area contributed by atoms with E-state index in [4.69, 9.17) is 10.5 Å². The van der Waals surface area contributed by atoms with Crippen molar-refractivity contribution >= 4 is 38.7 Å². The van der Waals surface area contributed by atoms with Crippen molar-refractivity contribution in [1.82, 2.24) is 19.9 Å². The summed E-state index contributed by atoms with van der Waals surface area (Å²) in [6.07, 6.45) is 9.07. The topological polar surface area (TPSA) is 171 Å². The summed E-state index contributed by atoms with van der Waals surface area (Å²) in [5.74, 6) is -0.119. The van der Waals surface area contributed by atoms with E-state index in [0.717, 1.165) is 0 Å². The quantitative estimate of drug-likeness (QED) is 0.494. The van der Waals surface area contributed by atoms with Crippen LogP contribution in [0.4, 0.5) is 11.6 Å². The summed E-state index contributed by atoms with van der Waals surface area (Å²) in [4.78, 5) is 16.4. The van der Waals surface area contributed by atoms with E-state index in [1.54, 1.807) is 36.5 Å². The molecule has 0 amide bonds. The third-order valence-electron chi connectivity index (χ3n) is 4.47. The fourth-order valence-corrected chi connectivity index (χ4v) is 3.41. The molecule has 11 heteroatoms. The van der Waals surface area contributed by atoms with E-state index in [2.05, 4.69) is 25.3 Å². The number of anilines is 2. The molecule has 0 saturated carbocycles. The molecule has 0 fully saturated rings. The maximum Gasteiger partial charge on any atom is 0.238 e. The van der Waals surface area contributed by atoms with Crippen molar-refractivity contribution in [3.8, 4) is 0 Å². The van der Waals surface area contributed by atoms with Gasteiger partial charge in [-0.15, -0.1) is 0 Å². The molecule has 0 bridgehead atoms. The lowest BCUT2D eigenvalue weighted by molar-refractivity contribution is -0.244. The summed E-state index contributed by atoms with van der Waals surface area (Å²) in [5, 5.41) is 28.9. The Morgan fingerprint density at radius 1 is 1.03 bits per heavy atom. The molecule has 0 spiro atoms. The average Bonchev–Trinajstić information content (AvgIpc) is 2.79. The third-order valence-corrected chi connectivity index (χ3v) is 5.40. The van der Waals surface area contributed by atoms with Crippen LogP contribution < -0.4 is 15.6 Å². The van der Waals surface area contributed by atoms with Crippen molar-refractivity contribution < 1.29 is 13.5 Å². The number of primary sulfonamides is 1. The van der Waals surface area contributed by atoms with Gasteiger partial charge < -0.3 is 15.8 Å². The number of benzene rings is 1. The van der Waals surface area contributed by atoms with Crippen LogP contribution in [-0.4, -0.2) is 34.1 Å². The van der Waals surface area contributed by atoms with Gasteiger partial charge in [0.2, 0.25) is 16.0 Å². The van der Waals surface area contributed by atoms with Crippen LogP contribution in [0.1, 0.15) is 11.4 Å². The Morgan fingerprint density at radius 2 is 1.81 bits per heavy atom. The first-order valence-corrected chi connectivity index (χ1v) is 10.8. The second-order valence-electron chi connectivity index (χ2n) is 6.64. The minimum atomic E-state index is -3.78. The Balaban J connectivity index is 1.63. The second-order valence-corrected chi connectivity index (χ2v) is 8.21. The number of rotatable bonds is 5. The van der Waals surface area contributed by atoms with Crippen molar-refractivity contribution in [2.45, 2.75) is 4.90 Å². The molecule has 0 unspecified atom stereocenters. The molecule has 4 N–H and O–H groups in total. The van der Waals surface area contributed by atoms with Gasteiger partial charge in [0.15, 0.2) is 0 Å². The van der Waals surface area contributed by atoms with E-state index in [1.807, 2.05) is 0 Å². The highest BCUT2D eigenvalue weighted by Crippen LogP contribution is 2.25. The van der Waals surface area contributed by atoms with E-state index in [-0.39, 0.29) is 33.6 Å². The number of nitrogens with two attached hydrogens (primary N) is 1. The molecule has 4 rings (SSSR count). The molecule has 0 radical (unpaired) electrons. The van der Waals surface area contributed by atoms with Gasteiger partial charge in [-0.25, -0.2) is 33.5 Å². The SMILES string of the molecule is N=C1C=CC(c2ccnc(Nc3ccc(S(N)(=O)=O)cc3)n2)=C/C1=C(/[O-])c1ccncn1. The maximum absolute atomic E-state index is 12.7. The lowest BCUT2D eigenvalue weighted by Crippen LogP contribution is -2.13. The first-order chi connectivity index (χ1) is 15.3. The van der Waals surface area contributed by atoms with Gasteiger partial charge in [-0.05, 0) is 54.1 Å². The van der Waals surface area contributed by atoms with Crippen LogP contribution in [0.25, 0.3) is 11.3 Å². The van der Waals surface area contributed by atoms with Gasteiger partial charge in [-0.1, -0.05) is 11.8 Å². The average molecular weight is 446 g/mol. The monoisotopic (exact) mass is 446 g/mol. The molecule has 2 heterocycles. The molecule has 0 aliphatic heterocycles. The molecule has 2 aromatic heterocycles. The van der Waals surface area contributed by atoms with Crippen LogP contribution in [0, 0.1) is 5.41 Å². The van der Waals surface area contributed by atoms with E-state index in [1.165, 1.54) is 36.8 Å². The summed E-state index contributed by atoms with van der Waals surface area (Å²) in [7, 11) is -3.78. The molecule has 160 valence electrons. The number of nitrogens with one attached hydrogen (secondary N) is 2. The molecule has 0 saturated heterocycles. The van der Waals surface area contributed by atoms with Crippen LogP contribution in [-0.2, 0) is 10.0 Å².